The largest absolute Gasteiger partial charge is 0.481 e. The number of aliphatic hydroxyl groups is 1. The first-order valence-electron chi connectivity index (χ1n) is 7.09. The number of aryl methyl sites for hydroxylation is 1. The van der Waals surface area contributed by atoms with Gasteiger partial charge in [-0.25, -0.2) is 4.79 Å². The summed E-state index contributed by atoms with van der Waals surface area (Å²) in [6, 6.07) is 6.85. The van der Waals surface area contributed by atoms with Crippen molar-refractivity contribution >= 4 is 17.7 Å². The van der Waals surface area contributed by atoms with Gasteiger partial charge in [0.1, 0.15) is 0 Å². The van der Waals surface area contributed by atoms with Crippen LogP contribution in [-0.4, -0.2) is 46.3 Å². The molecule has 0 bridgehead atoms. The van der Waals surface area contributed by atoms with Crippen LogP contribution in [0.25, 0.3) is 0 Å². The Bertz CT molecular complexity index is 501. The monoisotopic (exact) mass is 292 g/mol. The molecule has 1 heterocycles. The SMILES string of the molecule is O=C(O)CCc1ccc(NC(=O)N2CCCC2CO)cc1. The topological polar surface area (TPSA) is 89.9 Å². The van der Waals surface area contributed by atoms with Crippen LogP contribution in [0.5, 0.6) is 0 Å². The van der Waals surface area contributed by atoms with E-state index in [2.05, 4.69) is 5.32 Å². The van der Waals surface area contributed by atoms with Crippen molar-refractivity contribution in [3.63, 3.8) is 0 Å². The molecular formula is C15H20N2O4. The lowest BCUT2D eigenvalue weighted by Crippen LogP contribution is -2.40. The summed E-state index contributed by atoms with van der Waals surface area (Å²) in [4.78, 5) is 24.3. The van der Waals surface area contributed by atoms with Crippen molar-refractivity contribution in [2.45, 2.75) is 31.7 Å². The predicted octanol–water partition coefficient (Wildman–Crippen LogP) is 1.69. The van der Waals surface area contributed by atoms with Crippen LogP contribution in [-0.2, 0) is 11.2 Å². The maximum atomic E-state index is 12.1. The Labute approximate surface area is 123 Å². The third-order valence-corrected chi connectivity index (χ3v) is 3.68. The van der Waals surface area contributed by atoms with Crippen LogP contribution in [0, 0.1) is 0 Å². The number of nitrogens with zero attached hydrogens (tertiary/aromatic N) is 1. The van der Waals surface area contributed by atoms with Crippen LogP contribution in [0.4, 0.5) is 10.5 Å². The van der Waals surface area contributed by atoms with Crippen molar-refractivity contribution < 1.29 is 19.8 Å². The van der Waals surface area contributed by atoms with Crippen molar-refractivity contribution in [1.29, 1.82) is 0 Å². The van der Waals surface area contributed by atoms with Gasteiger partial charge in [-0.2, -0.15) is 0 Å². The summed E-state index contributed by atoms with van der Waals surface area (Å²) in [5.74, 6) is -0.823. The molecule has 1 atom stereocenters. The summed E-state index contributed by atoms with van der Waals surface area (Å²) in [5.41, 5.74) is 1.59. The normalized spacial score (nSPS) is 17.8. The molecule has 6 nitrogen and oxygen atoms in total. The lowest BCUT2D eigenvalue weighted by Gasteiger charge is -2.23. The Hall–Kier alpha value is -2.08. The number of carboxylic acid groups (broad SMARTS) is 1. The van der Waals surface area contributed by atoms with Crippen LogP contribution >= 0.6 is 0 Å². The van der Waals surface area contributed by atoms with Gasteiger partial charge in [0.25, 0.3) is 0 Å². The summed E-state index contributed by atoms with van der Waals surface area (Å²) in [7, 11) is 0. The molecule has 0 aliphatic carbocycles. The number of hydrogen-bond donors (Lipinski definition) is 3. The summed E-state index contributed by atoms with van der Waals surface area (Å²) in [5, 5.41) is 20.7. The van der Waals surface area contributed by atoms with Crippen molar-refractivity contribution in [3.05, 3.63) is 29.8 Å². The Morgan fingerprint density at radius 2 is 2.00 bits per heavy atom. The third kappa shape index (κ3) is 4.19. The van der Waals surface area contributed by atoms with Gasteiger partial charge in [0, 0.05) is 18.7 Å². The zero-order chi connectivity index (χ0) is 15.2. The number of hydrogen-bond acceptors (Lipinski definition) is 3. The molecule has 1 aromatic carbocycles. The number of amides is 2. The van der Waals surface area contributed by atoms with Crippen LogP contribution in [0.1, 0.15) is 24.8 Å². The number of rotatable bonds is 5. The molecule has 1 aliphatic rings. The first kappa shape index (κ1) is 15.3. The first-order valence-corrected chi connectivity index (χ1v) is 7.09. The smallest absolute Gasteiger partial charge is 0.322 e. The second-order valence-electron chi connectivity index (χ2n) is 5.19. The minimum Gasteiger partial charge on any atom is -0.481 e. The van der Waals surface area contributed by atoms with Gasteiger partial charge in [-0.15, -0.1) is 0 Å². The molecule has 3 N–H and O–H groups in total. The lowest BCUT2D eigenvalue weighted by molar-refractivity contribution is -0.136. The van der Waals surface area contributed by atoms with E-state index in [9.17, 15) is 14.7 Å². The molecule has 21 heavy (non-hydrogen) atoms. The summed E-state index contributed by atoms with van der Waals surface area (Å²) < 4.78 is 0. The molecule has 6 heteroatoms. The molecule has 0 radical (unpaired) electrons. The molecule has 0 saturated carbocycles. The summed E-state index contributed by atoms with van der Waals surface area (Å²) in [6.45, 7) is 0.648. The van der Waals surface area contributed by atoms with E-state index in [-0.39, 0.29) is 25.1 Å². The minimum atomic E-state index is -0.823. The van der Waals surface area contributed by atoms with Gasteiger partial charge in [0.05, 0.1) is 12.6 Å². The van der Waals surface area contributed by atoms with E-state index in [0.29, 0.717) is 18.7 Å². The fourth-order valence-corrected chi connectivity index (χ4v) is 2.49. The Balaban J connectivity index is 1.90. The molecule has 1 aliphatic heterocycles. The Morgan fingerprint density at radius 1 is 1.29 bits per heavy atom. The van der Waals surface area contributed by atoms with Gasteiger partial charge < -0.3 is 20.4 Å². The van der Waals surface area contributed by atoms with Gasteiger partial charge in [0.15, 0.2) is 0 Å². The second kappa shape index (κ2) is 7.08. The maximum absolute atomic E-state index is 12.1. The van der Waals surface area contributed by atoms with Crippen molar-refractivity contribution in [2.24, 2.45) is 0 Å². The van der Waals surface area contributed by atoms with Gasteiger partial charge in [0.2, 0.25) is 0 Å². The quantitative estimate of drug-likeness (QED) is 0.770. The number of anilines is 1. The fraction of sp³-hybridized carbons (Fsp3) is 0.467. The lowest BCUT2D eigenvalue weighted by atomic mass is 10.1. The van der Waals surface area contributed by atoms with E-state index >= 15 is 0 Å². The zero-order valence-electron chi connectivity index (χ0n) is 11.8. The van der Waals surface area contributed by atoms with Gasteiger partial charge >= 0.3 is 12.0 Å². The molecule has 2 rings (SSSR count). The van der Waals surface area contributed by atoms with E-state index in [0.717, 1.165) is 18.4 Å². The summed E-state index contributed by atoms with van der Waals surface area (Å²) in [6.07, 6.45) is 2.31. The Kier molecular flexibility index (Phi) is 5.16. The summed E-state index contributed by atoms with van der Waals surface area (Å²) >= 11 is 0. The number of carbonyl (C=O) groups excluding carboxylic acids is 1. The minimum absolute atomic E-state index is 0.0124. The van der Waals surface area contributed by atoms with E-state index in [1.807, 2.05) is 12.1 Å². The fourth-order valence-electron chi connectivity index (χ4n) is 2.49. The number of carbonyl (C=O) groups is 2. The third-order valence-electron chi connectivity index (χ3n) is 3.68. The molecule has 1 fully saturated rings. The molecule has 0 spiro atoms. The second-order valence-corrected chi connectivity index (χ2v) is 5.19. The first-order chi connectivity index (χ1) is 10.1. The number of nitrogens with one attached hydrogen (secondary N) is 1. The highest BCUT2D eigenvalue weighted by molar-refractivity contribution is 5.89. The van der Waals surface area contributed by atoms with Crippen LogP contribution in [0.15, 0.2) is 24.3 Å². The van der Waals surface area contributed by atoms with Crippen LogP contribution < -0.4 is 5.32 Å². The van der Waals surface area contributed by atoms with E-state index in [1.54, 1.807) is 17.0 Å². The highest BCUT2D eigenvalue weighted by Crippen LogP contribution is 2.19. The highest BCUT2D eigenvalue weighted by atomic mass is 16.4. The van der Waals surface area contributed by atoms with Gasteiger partial charge in [-0.3, -0.25) is 4.79 Å². The maximum Gasteiger partial charge on any atom is 0.322 e. The average molecular weight is 292 g/mol. The van der Waals surface area contributed by atoms with Gasteiger partial charge in [-0.05, 0) is 37.0 Å². The van der Waals surface area contributed by atoms with E-state index in [1.165, 1.54) is 0 Å². The number of benzene rings is 1. The Morgan fingerprint density at radius 3 is 2.62 bits per heavy atom. The zero-order valence-corrected chi connectivity index (χ0v) is 11.8. The number of likely N-dealkylation sites (tertiary alicyclic amines) is 1. The highest BCUT2D eigenvalue weighted by Gasteiger charge is 2.27. The standard InChI is InChI=1S/C15H20N2O4/c18-10-13-2-1-9-17(13)15(21)16-12-6-3-11(4-7-12)5-8-14(19)20/h3-4,6-7,13,18H,1-2,5,8-10H2,(H,16,21)(H,19,20). The number of aliphatic hydroxyl groups excluding tert-OH is 1. The number of urea groups is 1. The number of carboxylic acids is 1. The average Bonchev–Trinajstić information content (AvgIpc) is 2.95. The van der Waals surface area contributed by atoms with Crippen molar-refractivity contribution in [3.8, 4) is 0 Å². The van der Waals surface area contributed by atoms with Crippen molar-refractivity contribution in [2.75, 3.05) is 18.5 Å². The molecule has 1 saturated heterocycles. The van der Waals surface area contributed by atoms with E-state index in [4.69, 9.17) is 5.11 Å². The molecular weight excluding hydrogens is 272 g/mol. The van der Waals surface area contributed by atoms with E-state index < -0.39 is 5.97 Å². The number of aliphatic carboxylic acids is 1. The van der Waals surface area contributed by atoms with Crippen LogP contribution in [0.2, 0.25) is 0 Å². The predicted molar refractivity (Wildman–Crippen MR) is 78.2 cm³/mol. The molecule has 1 aromatic rings. The van der Waals surface area contributed by atoms with Crippen LogP contribution in [0.3, 0.4) is 0 Å². The molecule has 2 amide bonds. The van der Waals surface area contributed by atoms with Crippen molar-refractivity contribution in [1.82, 2.24) is 4.90 Å². The molecule has 1 unspecified atom stereocenters. The molecule has 114 valence electrons. The van der Waals surface area contributed by atoms with Gasteiger partial charge in [-0.1, -0.05) is 12.1 Å². The molecule has 0 aromatic heterocycles.